The summed E-state index contributed by atoms with van der Waals surface area (Å²) in [6.07, 6.45) is 19.6. The molecule has 1 aromatic carbocycles. The minimum atomic E-state index is -0.739. The third-order valence-electron chi connectivity index (χ3n) is 9.61. The van der Waals surface area contributed by atoms with Gasteiger partial charge in [0.25, 0.3) is 0 Å². The standard InChI is InChI=1S/C19H35F.C13H15F3/c1-2-3-4-5-16-6-10-18(11-7-16)19-12-8-17(9-13-19)14-15-20;1-8-12(15)6-10(7-13(8)16)9-2-4-11(14)5-3-9/h16-19H,2-15H2,1H3;6-7,9,11H,2-5H2,1H3. The number of benzene rings is 1. The molecule has 0 radical (unpaired) electrons. The normalized spacial score (nSPS) is 30.9. The number of hydrogen-bond donors (Lipinski definition) is 0. The Bertz CT molecular complexity index is 716. The number of rotatable bonds is 8. The van der Waals surface area contributed by atoms with Gasteiger partial charge in [-0.3, -0.25) is 4.39 Å². The fourth-order valence-electron chi connectivity index (χ4n) is 7.02. The van der Waals surface area contributed by atoms with E-state index >= 15 is 0 Å². The predicted octanol–water partition coefficient (Wildman–Crippen LogP) is 10.8. The number of halogens is 4. The summed E-state index contributed by atoms with van der Waals surface area (Å²) in [5.41, 5.74) is 0.732. The van der Waals surface area contributed by atoms with Crippen LogP contribution in [0.25, 0.3) is 0 Å². The van der Waals surface area contributed by atoms with Crippen molar-refractivity contribution in [3.05, 3.63) is 34.9 Å². The van der Waals surface area contributed by atoms with Gasteiger partial charge in [-0.05, 0) is 112 Å². The van der Waals surface area contributed by atoms with Crippen molar-refractivity contribution in [1.29, 1.82) is 0 Å². The second-order valence-corrected chi connectivity index (χ2v) is 12.1. The molecule has 0 bridgehead atoms. The van der Waals surface area contributed by atoms with E-state index in [1.807, 2.05) is 0 Å². The fourth-order valence-corrected chi connectivity index (χ4v) is 7.02. The van der Waals surface area contributed by atoms with Crippen molar-refractivity contribution in [2.45, 2.75) is 135 Å². The highest BCUT2D eigenvalue weighted by Gasteiger charge is 2.30. The molecule has 0 atom stereocenters. The lowest BCUT2D eigenvalue weighted by atomic mass is 9.68. The van der Waals surface area contributed by atoms with Crippen LogP contribution in [0.1, 0.15) is 133 Å². The monoisotopic (exact) mass is 510 g/mol. The average Bonchev–Trinajstić information content (AvgIpc) is 2.89. The van der Waals surface area contributed by atoms with Crippen molar-refractivity contribution in [2.24, 2.45) is 23.7 Å². The molecule has 0 N–H and O–H groups in total. The maximum Gasteiger partial charge on any atom is 0.129 e. The predicted molar refractivity (Wildman–Crippen MR) is 143 cm³/mol. The summed E-state index contributed by atoms with van der Waals surface area (Å²) >= 11 is 0. The Hall–Kier alpha value is -1.06. The lowest BCUT2D eigenvalue weighted by molar-refractivity contribution is 0.138. The SMILES string of the molecule is CCCCCC1CCC(C2CCC(CCF)CC2)CC1.Cc1c(F)cc(C2CCC(F)CC2)cc1F. The van der Waals surface area contributed by atoms with Gasteiger partial charge in [-0.1, -0.05) is 58.3 Å². The molecule has 36 heavy (non-hydrogen) atoms. The first-order valence-corrected chi connectivity index (χ1v) is 15.1. The van der Waals surface area contributed by atoms with Gasteiger partial charge < -0.3 is 0 Å². The molecule has 3 fully saturated rings. The van der Waals surface area contributed by atoms with Gasteiger partial charge in [0, 0.05) is 5.56 Å². The van der Waals surface area contributed by atoms with Gasteiger partial charge >= 0.3 is 0 Å². The third kappa shape index (κ3) is 9.05. The quantitative estimate of drug-likeness (QED) is 0.241. The number of hydrogen-bond acceptors (Lipinski definition) is 0. The molecule has 0 spiro atoms. The Morgan fingerprint density at radius 1 is 0.694 bits per heavy atom. The first-order valence-electron chi connectivity index (χ1n) is 15.1. The zero-order valence-electron chi connectivity index (χ0n) is 22.9. The molecular formula is C32H50F4. The van der Waals surface area contributed by atoms with E-state index in [1.54, 1.807) is 0 Å². The minimum absolute atomic E-state index is 0.0583. The van der Waals surface area contributed by atoms with Crippen LogP contribution < -0.4 is 0 Å². The smallest absolute Gasteiger partial charge is 0.129 e. The molecule has 3 aliphatic carbocycles. The first-order chi connectivity index (χ1) is 17.4. The van der Waals surface area contributed by atoms with E-state index in [-0.39, 0.29) is 18.2 Å². The van der Waals surface area contributed by atoms with Crippen LogP contribution in [-0.2, 0) is 0 Å². The fraction of sp³-hybridized carbons (Fsp3) is 0.812. The van der Waals surface area contributed by atoms with Crippen molar-refractivity contribution >= 4 is 0 Å². The number of alkyl halides is 2. The second kappa shape index (κ2) is 15.4. The molecule has 4 rings (SSSR count). The maximum absolute atomic E-state index is 13.4. The maximum atomic E-state index is 13.4. The summed E-state index contributed by atoms with van der Waals surface area (Å²) in [6.45, 7) is 3.63. The van der Waals surface area contributed by atoms with Gasteiger partial charge in [0.05, 0.1) is 6.67 Å². The van der Waals surface area contributed by atoms with Crippen molar-refractivity contribution in [1.82, 2.24) is 0 Å². The summed E-state index contributed by atoms with van der Waals surface area (Å²) in [6, 6.07) is 2.78. The zero-order valence-corrected chi connectivity index (χ0v) is 22.9. The van der Waals surface area contributed by atoms with Gasteiger partial charge in [0.15, 0.2) is 0 Å². The molecule has 0 nitrogen and oxygen atoms in total. The summed E-state index contributed by atoms with van der Waals surface area (Å²) in [5.74, 6) is 2.86. The molecule has 0 heterocycles. The van der Waals surface area contributed by atoms with Crippen LogP contribution in [0, 0.1) is 42.2 Å². The van der Waals surface area contributed by atoms with Crippen molar-refractivity contribution < 1.29 is 17.6 Å². The van der Waals surface area contributed by atoms with E-state index in [2.05, 4.69) is 6.92 Å². The minimum Gasteiger partial charge on any atom is -0.251 e. The Kier molecular flexibility index (Phi) is 12.6. The lowest BCUT2D eigenvalue weighted by Crippen LogP contribution is -2.26. The average molecular weight is 511 g/mol. The van der Waals surface area contributed by atoms with E-state index in [0.29, 0.717) is 37.2 Å². The van der Waals surface area contributed by atoms with Crippen LogP contribution in [0.2, 0.25) is 0 Å². The van der Waals surface area contributed by atoms with Gasteiger partial charge in [-0.2, -0.15) is 0 Å². The van der Waals surface area contributed by atoms with Crippen LogP contribution in [0.4, 0.5) is 17.6 Å². The van der Waals surface area contributed by atoms with Crippen LogP contribution in [0.5, 0.6) is 0 Å². The Morgan fingerprint density at radius 2 is 1.19 bits per heavy atom. The highest BCUT2D eigenvalue weighted by Crippen LogP contribution is 2.43. The van der Waals surface area contributed by atoms with Crippen molar-refractivity contribution in [3.63, 3.8) is 0 Å². The van der Waals surface area contributed by atoms with Crippen LogP contribution in [-0.4, -0.2) is 12.8 Å². The zero-order chi connectivity index (χ0) is 25.9. The largest absolute Gasteiger partial charge is 0.251 e. The number of unbranched alkanes of at least 4 members (excludes halogenated alkanes) is 2. The van der Waals surface area contributed by atoms with E-state index in [9.17, 15) is 17.6 Å². The molecule has 4 heteroatoms. The Balaban J connectivity index is 0.000000205. The van der Waals surface area contributed by atoms with Crippen LogP contribution in [0.3, 0.4) is 0 Å². The summed E-state index contributed by atoms with van der Waals surface area (Å²) in [4.78, 5) is 0. The second-order valence-electron chi connectivity index (χ2n) is 12.1. The first kappa shape index (κ1) is 29.5. The van der Waals surface area contributed by atoms with Crippen molar-refractivity contribution in [2.75, 3.05) is 6.67 Å². The van der Waals surface area contributed by atoms with Crippen LogP contribution >= 0.6 is 0 Å². The van der Waals surface area contributed by atoms with Gasteiger partial charge in [-0.15, -0.1) is 0 Å². The van der Waals surface area contributed by atoms with E-state index in [1.165, 1.54) is 96.1 Å². The topological polar surface area (TPSA) is 0 Å². The van der Waals surface area contributed by atoms with E-state index in [0.717, 1.165) is 24.2 Å². The van der Waals surface area contributed by atoms with Gasteiger partial charge in [-0.25, -0.2) is 13.2 Å². The van der Waals surface area contributed by atoms with Gasteiger partial charge in [0.2, 0.25) is 0 Å². The Morgan fingerprint density at radius 3 is 1.67 bits per heavy atom. The molecule has 3 aliphatic rings. The van der Waals surface area contributed by atoms with Crippen molar-refractivity contribution in [3.8, 4) is 0 Å². The highest BCUT2D eigenvalue weighted by atomic mass is 19.1. The van der Waals surface area contributed by atoms with E-state index < -0.39 is 17.8 Å². The summed E-state index contributed by atoms with van der Waals surface area (Å²) in [5, 5.41) is 0. The molecule has 3 saturated carbocycles. The molecule has 0 saturated heterocycles. The molecule has 0 aliphatic heterocycles. The van der Waals surface area contributed by atoms with Gasteiger partial charge in [0.1, 0.15) is 17.8 Å². The summed E-state index contributed by atoms with van der Waals surface area (Å²) < 4.78 is 52.1. The summed E-state index contributed by atoms with van der Waals surface area (Å²) in [7, 11) is 0. The third-order valence-corrected chi connectivity index (χ3v) is 9.61. The van der Waals surface area contributed by atoms with E-state index in [4.69, 9.17) is 0 Å². The van der Waals surface area contributed by atoms with Crippen LogP contribution in [0.15, 0.2) is 12.1 Å². The molecular weight excluding hydrogens is 460 g/mol. The lowest BCUT2D eigenvalue weighted by Gasteiger charge is -2.37. The highest BCUT2D eigenvalue weighted by molar-refractivity contribution is 5.28. The molecule has 206 valence electrons. The molecule has 1 aromatic rings. The molecule has 0 aromatic heterocycles. The Labute approximate surface area is 218 Å². The molecule has 0 unspecified atom stereocenters. The molecule has 0 amide bonds.